The monoisotopic (exact) mass is 514 g/mol. The van der Waals surface area contributed by atoms with Crippen molar-refractivity contribution in [3.8, 4) is 0 Å². The normalized spacial score (nSPS) is 14.4. The molecule has 0 radical (unpaired) electrons. The van der Waals surface area contributed by atoms with Crippen molar-refractivity contribution >= 4 is 34.5 Å². The van der Waals surface area contributed by atoms with Crippen LogP contribution in [-0.4, -0.2) is 42.7 Å². The number of hydrogen-bond acceptors (Lipinski definition) is 4. The third-order valence-corrected chi connectivity index (χ3v) is 6.55. The number of halogens is 3. The van der Waals surface area contributed by atoms with Gasteiger partial charge in [0.05, 0.1) is 16.4 Å². The van der Waals surface area contributed by atoms with Crippen LogP contribution >= 0.6 is 11.6 Å². The van der Waals surface area contributed by atoms with Crippen molar-refractivity contribution in [1.82, 2.24) is 10.2 Å². The summed E-state index contributed by atoms with van der Waals surface area (Å²) in [6.45, 7) is 13.4. The largest absolute Gasteiger partial charge is 0.355 e. The van der Waals surface area contributed by atoms with Crippen molar-refractivity contribution in [3.63, 3.8) is 0 Å². The minimum Gasteiger partial charge on any atom is -0.355 e. The highest BCUT2D eigenvalue weighted by Crippen LogP contribution is 2.25. The van der Waals surface area contributed by atoms with Crippen molar-refractivity contribution in [2.24, 2.45) is 4.99 Å². The smallest absolute Gasteiger partial charge is 0.251 e. The second-order valence-corrected chi connectivity index (χ2v) is 9.29. The predicted molar refractivity (Wildman–Crippen MR) is 145 cm³/mol. The van der Waals surface area contributed by atoms with Gasteiger partial charge in [0.15, 0.2) is 11.6 Å². The number of aliphatic imine (C=N–C) groups is 1. The second-order valence-electron chi connectivity index (χ2n) is 8.88. The average Bonchev–Trinajstić information content (AvgIpc) is 2.84. The molecule has 8 heteroatoms. The summed E-state index contributed by atoms with van der Waals surface area (Å²) < 4.78 is 27.9. The zero-order valence-corrected chi connectivity index (χ0v) is 21.8. The van der Waals surface area contributed by atoms with Crippen LogP contribution in [0.3, 0.4) is 0 Å². The molecule has 2 aromatic rings. The van der Waals surface area contributed by atoms with E-state index in [-0.39, 0.29) is 16.5 Å². The highest BCUT2D eigenvalue weighted by atomic mass is 35.5. The van der Waals surface area contributed by atoms with Crippen LogP contribution in [0.2, 0.25) is 5.02 Å². The first kappa shape index (κ1) is 27.6. The minimum absolute atomic E-state index is 0.0648. The summed E-state index contributed by atoms with van der Waals surface area (Å²) in [5.41, 5.74) is 4.04. The molecule has 3 rings (SSSR count). The Balaban J connectivity index is 1.61. The van der Waals surface area contributed by atoms with E-state index in [2.05, 4.69) is 27.1 Å². The maximum absolute atomic E-state index is 14.2. The molecule has 0 unspecified atom stereocenters. The summed E-state index contributed by atoms with van der Waals surface area (Å²) in [4.78, 5) is 19.4. The lowest BCUT2D eigenvalue weighted by molar-refractivity contribution is 0.0948. The van der Waals surface area contributed by atoms with E-state index in [1.807, 2.05) is 25.1 Å². The second kappa shape index (κ2) is 12.8. The van der Waals surface area contributed by atoms with E-state index in [1.54, 1.807) is 13.8 Å². The average molecular weight is 515 g/mol. The fraction of sp³-hybridized carbons (Fsp3) is 0.357. The summed E-state index contributed by atoms with van der Waals surface area (Å²) in [6.07, 6.45) is 4.38. The van der Waals surface area contributed by atoms with E-state index in [9.17, 15) is 13.6 Å². The fourth-order valence-electron chi connectivity index (χ4n) is 3.83. The number of hydrogen-bond donors (Lipinski definition) is 2. The van der Waals surface area contributed by atoms with Crippen LogP contribution in [0.5, 0.6) is 0 Å². The fourth-order valence-corrected chi connectivity index (χ4v) is 3.97. The van der Waals surface area contributed by atoms with Crippen LogP contribution in [0.25, 0.3) is 5.57 Å². The van der Waals surface area contributed by atoms with Gasteiger partial charge in [0.2, 0.25) is 0 Å². The number of anilines is 1. The van der Waals surface area contributed by atoms with E-state index < -0.39 is 11.6 Å². The molecule has 1 heterocycles. The van der Waals surface area contributed by atoms with Gasteiger partial charge in [0.25, 0.3) is 5.91 Å². The molecule has 1 saturated heterocycles. The summed E-state index contributed by atoms with van der Waals surface area (Å²) in [7, 11) is 0. The molecule has 1 fully saturated rings. The molecule has 0 spiro atoms. The van der Waals surface area contributed by atoms with Crippen LogP contribution in [0.1, 0.15) is 55.1 Å². The number of nitrogens with zero attached hydrogens (tertiary/aromatic N) is 2. The van der Waals surface area contributed by atoms with Crippen molar-refractivity contribution in [2.45, 2.75) is 40.0 Å². The standard InChI is InChI=1S/C28H33ClF2N4O/c1-5-21-16-22(8-9-24(21)28(36)32-12-6-13-35-14-7-15-35)34-20(4)19(3)33-17-18(2)23-10-11-25(29)27(31)26(23)30/h8-11,16-17,34H,4-7,12-15H2,1-3H3,(H,32,36)/b18-17+,33-19+. The van der Waals surface area contributed by atoms with E-state index in [0.717, 1.165) is 37.3 Å². The Morgan fingerprint density at radius 3 is 2.56 bits per heavy atom. The third-order valence-electron chi connectivity index (χ3n) is 6.26. The summed E-state index contributed by atoms with van der Waals surface area (Å²) in [6, 6.07) is 8.31. The van der Waals surface area contributed by atoms with Gasteiger partial charge in [-0.05, 0) is 88.1 Å². The summed E-state index contributed by atoms with van der Waals surface area (Å²) in [5.74, 6) is -2.15. The van der Waals surface area contributed by atoms with Crippen LogP contribution in [0.15, 0.2) is 53.8 Å². The van der Waals surface area contributed by atoms with E-state index in [0.29, 0.717) is 35.5 Å². The van der Waals surface area contributed by atoms with Crippen LogP contribution in [-0.2, 0) is 6.42 Å². The van der Waals surface area contributed by atoms with Crippen molar-refractivity contribution in [2.75, 3.05) is 31.5 Å². The number of amides is 1. The van der Waals surface area contributed by atoms with Gasteiger partial charge in [-0.3, -0.25) is 9.79 Å². The quantitative estimate of drug-likeness (QED) is 0.206. The van der Waals surface area contributed by atoms with Gasteiger partial charge in [-0.1, -0.05) is 31.2 Å². The molecule has 0 aliphatic carbocycles. The van der Waals surface area contributed by atoms with Crippen LogP contribution < -0.4 is 10.6 Å². The molecule has 2 aromatic carbocycles. The minimum atomic E-state index is -1.08. The molecule has 2 N–H and O–H groups in total. The van der Waals surface area contributed by atoms with Gasteiger partial charge >= 0.3 is 0 Å². The molecular weight excluding hydrogens is 482 g/mol. The number of likely N-dealkylation sites (tertiary alicyclic amines) is 1. The summed E-state index contributed by atoms with van der Waals surface area (Å²) >= 11 is 5.63. The Hall–Kier alpha value is -3.03. The van der Waals surface area contributed by atoms with Gasteiger partial charge in [-0.15, -0.1) is 0 Å². The molecule has 1 aliphatic rings. The molecule has 0 bridgehead atoms. The van der Waals surface area contributed by atoms with Gasteiger partial charge in [-0.2, -0.15) is 0 Å². The number of benzene rings is 2. The molecule has 0 aromatic heterocycles. The Kier molecular flexibility index (Phi) is 9.79. The Labute approximate surface area is 216 Å². The van der Waals surface area contributed by atoms with Crippen molar-refractivity contribution in [1.29, 1.82) is 0 Å². The number of nitrogens with one attached hydrogen (secondary N) is 2. The third kappa shape index (κ3) is 7.02. The lowest BCUT2D eigenvalue weighted by atomic mass is 10.0. The molecule has 36 heavy (non-hydrogen) atoms. The van der Waals surface area contributed by atoms with Gasteiger partial charge in [-0.25, -0.2) is 8.78 Å². The van der Waals surface area contributed by atoms with Gasteiger partial charge in [0, 0.05) is 29.6 Å². The molecule has 192 valence electrons. The van der Waals surface area contributed by atoms with E-state index >= 15 is 0 Å². The molecule has 1 aliphatic heterocycles. The maximum atomic E-state index is 14.2. The SMILES string of the molecule is C=C(Nc1ccc(C(=O)NCCCN2CCC2)c(CC)c1)/C(C)=N/C=C(\C)c1ccc(Cl)c(F)c1F. The molecule has 0 saturated carbocycles. The predicted octanol–water partition coefficient (Wildman–Crippen LogP) is 6.45. The first-order chi connectivity index (χ1) is 17.2. The van der Waals surface area contributed by atoms with Crippen LogP contribution in [0.4, 0.5) is 14.5 Å². The highest BCUT2D eigenvalue weighted by Gasteiger charge is 2.15. The Morgan fingerprint density at radius 1 is 1.17 bits per heavy atom. The molecule has 5 nitrogen and oxygen atoms in total. The van der Waals surface area contributed by atoms with Gasteiger partial charge in [0.1, 0.15) is 0 Å². The number of allylic oxidation sites excluding steroid dienone is 2. The van der Waals surface area contributed by atoms with E-state index in [4.69, 9.17) is 11.6 Å². The van der Waals surface area contributed by atoms with Crippen molar-refractivity contribution < 1.29 is 13.6 Å². The van der Waals surface area contributed by atoms with E-state index in [1.165, 1.54) is 24.8 Å². The topological polar surface area (TPSA) is 56.7 Å². The summed E-state index contributed by atoms with van der Waals surface area (Å²) in [5, 5.41) is 5.96. The first-order valence-corrected chi connectivity index (χ1v) is 12.5. The maximum Gasteiger partial charge on any atom is 0.251 e. The zero-order chi connectivity index (χ0) is 26.2. The molecule has 1 amide bonds. The zero-order valence-electron chi connectivity index (χ0n) is 21.1. The molecule has 0 atom stereocenters. The number of aryl methyl sites for hydroxylation is 1. The highest BCUT2D eigenvalue weighted by molar-refractivity contribution is 6.30. The first-order valence-electron chi connectivity index (χ1n) is 12.2. The lowest BCUT2D eigenvalue weighted by Gasteiger charge is -2.30. The number of carbonyl (C=O) groups excluding carboxylic acids is 1. The molecular formula is C28H33ClF2N4O. The van der Waals surface area contributed by atoms with Crippen molar-refractivity contribution in [3.05, 3.63) is 82.2 Å². The number of carbonyl (C=O) groups is 1. The Morgan fingerprint density at radius 2 is 1.89 bits per heavy atom. The lowest BCUT2D eigenvalue weighted by Crippen LogP contribution is -2.39. The number of rotatable bonds is 11. The van der Waals surface area contributed by atoms with Crippen LogP contribution in [0, 0.1) is 11.6 Å². The van der Waals surface area contributed by atoms with Gasteiger partial charge < -0.3 is 15.5 Å². The Bertz CT molecular complexity index is 1190.